The summed E-state index contributed by atoms with van der Waals surface area (Å²) in [7, 11) is 2.14. The van der Waals surface area contributed by atoms with Gasteiger partial charge in [0.1, 0.15) is 10.3 Å². The van der Waals surface area contributed by atoms with Crippen LogP contribution in [0.5, 0.6) is 0 Å². The van der Waals surface area contributed by atoms with Gasteiger partial charge in [0.05, 0.1) is 16.3 Å². The van der Waals surface area contributed by atoms with Gasteiger partial charge in [-0.1, -0.05) is 31.4 Å². The van der Waals surface area contributed by atoms with Gasteiger partial charge in [0.15, 0.2) is 0 Å². The highest BCUT2D eigenvalue weighted by Gasteiger charge is 2.19. The smallest absolute Gasteiger partial charge is 0.143 e. The highest BCUT2D eigenvalue weighted by atomic mass is 32.1. The van der Waals surface area contributed by atoms with E-state index in [2.05, 4.69) is 65.5 Å². The predicted molar refractivity (Wildman–Crippen MR) is 113 cm³/mol. The van der Waals surface area contributed by atoms with E-state index in [1.807, 2.05) is 6.08 Å². The van der Waals surface area contributed by atoms with Crippen molar-refractivity contribution in [2.45, 2.75) is 12.5 Å². The van der Waals surface area contributed by atoms with Gasteiger partial charge in [0.2, 0.25) is 0 Å². The summed E-state index contributed by atoms with van der Waals surface area (Å²) in [4.78, 5) is 12.6. The lowest BCUT2D eigenvalue weighted by Gasteiger charge is -2.08. The van der Waals surface area contributed by atoms with E-state index < -0.39 is 0 Å². The molecule has 1 unspecified atom stereocenters. The lowest BCUT2D eigenvalue weighted by Crippen LogP contribution is -2.45. The van der Waals surface area contributed by atoms with E-state index in [0.29, 0.717) is 0 Å². The third-order valence-corrected chi connectivity index (χ3v) is 6.11. The Labute approximate surface area is 156 Å². The maximum Gasteiger partial charge on any atom is 0.143 e. The third kappa shape index (κ3) is 2.64. The summed E-state index contributed by atoms with van der Waals surface area (Å²) in [5, 5.41) is 1.83. The molecule has 0 N–H and O–H groups in total. The Hall–Kier alpha value is -2.50. The molecule has 3 aromatic rings. The minimum absolute atomic E-state index is 0.278. The maximum atomic E-state index is 5.15. The summed E-state index contributed by atoms with van der Waals surface area (Å²) in [5.41, 5.74) is 3.10. The number of rotatable bonds is 3. The van der Waals surface area contributed by atoms with E-state index in [9.17, 15) is 0 Å². The minimum Gasteiger partial charge on any atom is -0.304 e. The van der Waals surface area contributed by atoms with E-state index in [1.54, 1.807) is 17.5 Å². The fourth-order valence-corrected chi connectivity index (χ4v) is 4.87. The first-order chi connectivity index (χ1) is 12.6. The molecule has 0 spiro atoms. The van der Waals surface area contributed by atoms with Crippen molar-refractivity contribution in [3.05, 3.63) is 52.3 Å². The molecule has 1 fully saturated rings. The Morgan fingerprint density at radius 2 is 2.12 bits per heavy atom. The second-order valence-electron chi connectivity index (χ2n) is 6.69. The summed E-state index contributed by atoms with van der Waals surface area (Å²) in [5.74, 6) is 0. The first-order valence-electron chi connectivity index (χ1n) is 8.70. The second kappa shape index (κ2) is 6.67. The van der Waals surface area contributed by atoms with Crippen LogP contribution >= 0.6 is 11.3 Å². The third-order valence-electron chi connectivity index (χ3n) is 4.95. The number of aliphatic imine (C=N–C) groups is 1. The van der Waals surface area contributed by atoms with Crippen LogP contribution in [0.3, 0.4) is 0 Å². The average molecular weight is 363 g/mol. The normalized spacial score (nSPS) is 19.7. The average Bonchev–Trinajstić information content (AvgIpc) is 3.21. The van der Waals surface area contributed by atoms with Gasteiger partial charge in [-0.2, -0.15) is 0 Å². The molecule has 3 heterocycles. The zero-order valence-corrected chi connectivity index (χ0v) is 15.8. The molecular formula is C21H22N4S. The van der Waals surface area contributed by atoms with Crippen LogP contribution in [-0.4, -0.2) is 42.2 Å². The molecule has 132 valence electrons. The van der Waals surface area contributed by atoms with Crippen LogP contribution in [0.2, 0.25) is 0 Å². The van der Waals surface area contributed by atoms with Gasteiger partial charge in [-0.3, -0.25) is 14.4 Å². The van der Waals surface area contributed by atoms with Crippen molar-refractivity contribution in [1.82, 2.24) is 9.30 Å². The van der Waals surface area contributed by atoms with Gasteiger partial charge >= 0.3 is 0 Å². The first kappa shape index (κ1) is 16.9. The largest absolute Gasteiger partial charge is 0.304 e. The summed E-state index contributed by atoms with van der Waals surface area (Å²) in [6, 6.07) is 8.69. The molecule has 1 aliphatic heterocycles. The van der Waals surface area contributed by atoms with Crippen LogP contribution in [0.1, 0.15) is 12.0 Å². The van der Waals surface area contributed by atoms with Crippen molar-refractivity contribution in [3.63, 3.8) is 0 Å². The molecule has 0 amide bonds. The molecule has 4 nitrogen and oxygen atoms in total. The molecule has 1 aliphatic rings. The Kier molecular flexibility index (Phi) is 4.34. The van der Waals surface area contributed by atoms with Gasteiger partial charge in [0.25, 0.3) is 0 Å². The topological polar surface area (TPSA) is 32.4 Å². The van der Waals surface area contributed by atoms with Gasteiger partial charge in [-0.15, -0.1) is 11.3 Å². The number of aromatic nitrogens is 1. The molecule has 1 saturated heterocycles. The Balaban J connectivity index is 2.24. The molecule has 5 heteroatoms. The summed E-state index contributed by atoms with van der Waals surface area (Å²) in [6.45, 7) is 14.0. The van der Waals surface area contributed by atoms with Gasteiger partial charge < -0.3 is 4.90 Å². The molecule has 4 rings (SSSR count). The van der Waals surface area contributed by atoms with E-state index in [0.717, 1.165) is 51.3 Å². The minimum atomic E-state index is 0.278. The molecule has 1 aromatic carbocycles. The molecule has 1 atom stereocenters. The predicted octanol–water partition coefficient (Wildman–Crippen LogP) is 2.25. The molecule has 2 aromatic heterocycles. The Morgan fingerprint density at radius 1 is 1.31 bits per heavy atom. The van der Waals surface area contributed by atoms with Crippen LogP contribution in [0.15, 0.2) is 40.8 Å². The number of nitrogens with zero attached hydrogens (tertiary/aromatic N) is 4. The first-order valence-corrected chi connectivity index (χ1v) is 9.51. The van der Waals surface area contributed by atoms with E-state index >= 15 is 0 Å². The number of likely N-dealkylation sites (tertiary alicyclic amines) is 1. The number of benzene rings is 1. The number of pyridine rings is 1. The van der Waals surface area contributed by atoms with Crippen LogP contribution in [0.4, 0.5) is 0 Å². The van der Waals surface area contributed by atoms with Crippen LogP contribution in [0, 0.1) is 0 Å². The Morgan fingerprint density at radius 3 is 2.81 bits per heavy atom. The van der Waals surface area contributed by atoms with E-state index in [1.165, 1.54) is 4.70 Å². The van der Waals surface area contributed by atoms with Crippen molar-refractivity contribution in [2.24, 2.45) is 9.98 Å². The molecule has 26 heavy (non-hydrogen) atoms. The number of hydrogen-bond acceptors (Lipinski definition) is 4. The maximum absolute atomic E-state index is 5.15. The fraction of sp³-hybridized carbons (Fsp3) is 0.238. The summed E-state index contributed by atoms with van der Waals surface area (Å²) in [6.07, 6.45) is 4.71. The standard InChI is InChI=1S/C21H22N4S/c1-5-16-14(2)17(12-22-3)20(23-15-10-11-24(4)13-15)25-18-8-6-7-9-19(18)26-21(16)25/h5-9,12,15H,1-3,10-11,13H2,4H3/b17-12-,23-20?. The van der Waals surface area contributed by atoms with Crippen molar-refractivity contribution < 1.29 is 0 Å². The van der Waals surface area contributed by atoms with Crippen molar-refractivity contribution in [3.8, 4) is 0 Å². The van der Waals surface area contributed by atoms with Gasteiger partial charge in [-0.25, -0.2) is 0 Å². The highest BCUT2D eigenvalue weighted by Crippen LogP contribution is 2.26. The highest BCUT2D eigenvalue weighted by molar-refractivity contribution is 7.24. The molecular weight excluding hydrogens is 340 g/mol. The number of para-hydroxylation sites is 1. The van der Waals surface area contributed by atoms with Crippen LogP contribution in [-0.2, 0) is 0 Å². The monoisotopic (exact) mass is 362 g/mol. The number of thiazole rings is 1. The molecule has 0 bridgehead atoms. The fourth-order valence-electron chi connectivity index (χ4n) is 3.66. The Bertz CT molecular complexity index is 1200. The summed E-state index contributed by atoms with van der Waals surface area (Å²) < 4.78 is 3.46. The van der Waals surface area contributed by atoms with Crippen molar-refractivity contribution in [2.75, 3.05) is 20.1 Å². The molecule has 0 radical (unpaired) electrons. The van der Waals surface area contributed by atoms with E-state index in [4.69, 9.17) is 4.99 Å². The zero-order chi connectivity index (χ0) is 18.3. The van der Waals surface area contributed by atoms with Crippen molar-refractivity contribution >= 4 is 52.0 Å². The van der Waals surface area contributed by atoms with Crippen LogP contribution < -0.4 is 15.9 Å². The van der Waals surface area contributed by atoms with Gasteiger partial charge in [-0.05, 0) is 44.1 Å². The lowest BCUT2D eigenvalue weighted by molar-refractivity contribution is 0.410. The second-order valence-corrected chi connectivity index (χ2v) is 7.72. The number of likely N-dealkylation sites (N-methyl/N-ethyl adjacent to an activating group) is 1. The van der Waals surface area contributed by atoms with Crippen molar-refractivity contribution in [1.29, 1.82) is 0 Å². The molecule has 0 aliphatic carbocycles. The van der Waals surface area contributed by atoms with Gasteiger partial charge in [0, 0.05) is 23.5 Å². The van der Waals surface area contributed by atoms with E-state index in [-0.39, 0.29) is 6.04 Å². The van der Waals surface area contributed by atoms with Crippen LogP contribution in [0.25, 0.3) is 33.9 Å². The zero-order valence-electron chi connectivity index (χ0n) is 15.0. The summed E-state index contributed by atoms with van der Waals surface area (Å²) >= 11 is 1.75. The number of hydrogen-bond donors (Lipinski definition) is 0. The molecule has 0 saturated carbocycles. The lowest BCUT2D eigenvalue weighted by atomic mass is 10.2. The quantitative estimate of drug-likeness (QED) is 0.658. The number of fused-ring (bicyclic) bond motifs is 3. The SMILES string of the molecule is C=Cc1c(=C)/c(=C/N=C)c(=NC2CCN(C)C2)n2c1sc1ccccc12.